The third kappa shape index (κ3) is 4.39. The number of ether oxygens (including phenoxy) is 2. The molecule has 2 aromatic heterocycles. The molecule has 0 bridgehead atoms. The Hall–Kier alpha value is -1.89. The summed E-state index contributed by atoms with van der Waals surface area (Å²) < 4.78 is 10.7. The van der Waals surface area contributed by atoms with Crippen LogP contribution in [0.4, 0.5) is 0 Å². The molecular weight excluding hydrogens is 352 g/mol. The summed E-state index contributed by atoms with van der Waals surface area (Å²) in [5.41, 5.74) is 3.53. The van der Waals surface area contributed by atoms with Gasteiger partial charge in [0.2, 0.25) is 0 Å². The molecule has 0 saturated heterocycles. The highest BCUT2D eigenvalue weighted by atomic mass is 32.1. The Kier molecular flexibility index (Phi) is 6.07. The first kappa shape index (κ1) is 17.9. The lowest BCUT2D eigenvalue weighted by molar-refractivity contribution is 0.268. The van der Waals surface area contributed by atoms with Gasteiger partial charge in [-0.3, -0.25) is 4.90 Å². The van der Waals surface area contributed by atoms with Crippen molar-refractivity contribution >= 4 is 22.7 Å². The Morgan fingerprint density at radius 3 is 2.56 bits per heavy atom. The molecule has 0 fully saturated rings. The van der Waals surface area contributed by atoms with E-state index in [1.165, 1.54) is 11.1 Å². The Balaban J connectivity index is 1.69. The van der Waals surface area contributed by atoms with Crippen molar-refractivity contribution in [2.24, 2.45) is 0 Å². The summed E-state index contributed by atoms with van der Waals surface area (Å²) in [5, 5.41) is 7.48. The van der Waals surface area contributed by atoms with Gasteiger partial charge in [0, 0.05) is 29.4 Å². The zero-order valence-corrected chi connectivity index (χ0v) is 16.3. The third-order valence-corrected chi connectivity index (χ3v) is 5.63. The van der Waals surface area contributed by atoms with Crippen molar-refractivity contribution < 1.29 is 9.47 Å². The van der Waals surface area contributed by atoms with Gasteiger partial charge < -0.3 is 9.47 Å². The maximum atomic E-state index is 5.40. The average Bonchev–Trinajstić information content (AvgIpc) is 3.32. The molecule has 6 heteroatoms. The molecule has 0 amide bonds. The maximum absolute atomic E-state index is 5.40. The molecule has 1 aromatic carbocycles. The molecule has 0 aliphatic carbocycles. The normalized spacial score (nSPS) is 11.0. The highest BCUT2D eigenvalue weighted by Gasteiger charge is 2.11. The van der Waals surface area contributed by atoms with Gasteiger partial charge in [0.25, 0.3) is 0 Å². The van der Waals surface area contributed by atoms with E-state index in [4.69, 9.17) is 14.5 Å². The van der Waals surface area contributed by atoms with E-state index in [0.29, 0.717) is 0 Å². The van der Waals surface area contributed by atoms with E-state index >= 15 is 0 Å². The molecule has 0 atom stereocenters. The first-order chi connectivity index (χ1) is 12.2. The fourth-order valence-electron chi connectivity index (χ4n) is 2.64. The minimum Gasteiger partial charge on any atom is -0.493 e. The van der Waals surface area contributed by atoms with Crippen molar-refractivity contribution in [1.29, 1.82) is 0 Å². The zero-order valence-electron chi connectivity index (χ0n) is 14.7. The van der Waals surface area contributed by atoms with Crippen molar-refractivity contribution in [2.75, 3.05) is 20.8 Å². The lowest BCUT2D eigenvalue weighted by atomic mass is 10.2. The van der Waals surface area contributed by atoms with Crippen LogP contribution < -0.4 is 9.47 Å². The van der Waals surface area contributed by atoms with Crippen molar-refractivity contribution in [3.05, 3.63) is 51.7 Å². The molecule has 0 radical (unpaired) electrons. The minimum absolute atomic E-state index is 0.759. The quantitative estimate of drug-likeness (QED) is 0.561. The van der Waals surface area contributed by atoms with Gasteiger partial charge in [-0.15, -0.1) is 11.3 Å². The van der Waals surface area contributed by atoms with Gasteiger partial charge in [0.05, 0.1) is 19.9 Å². The standard InChI is InChI=1S/C19H22N2O2S2/c1-4-21(10-14-5-6-17(22-2)18(9-14)23-3)11-16-13-25-19(20-16)15-7-8-24-12-15/h5-9,12-13H,4,10-11H2,1-3H3. The van der Waals surface area contributed by atoms with Gasteiger partial charge in [-0.2, -0.15) is 11.3 Å². The van der Waals surface area contributed by atoms with Gasteiger partial charge in [0.15, 0.2) is 11.5 Å². The molecule has 0 aliphatic heterocycles. The van der Waals surface area contributed by atoms with Crippen LogP contribution in [0.1, 0.15) is 18.2 Å². The van der Waals surface area contributed by atoms with Crippen molar-refractivity contribution in [1.82, 2.24) is 9.88 Å². The van der Waals surface area contributed by atoms with E-state index in [1.54, 1.807) is 36.9 Å². The molecule has 0 spiro atoms. The Morgan fingerprint density at radius 2 is 1.88 bits per heavy atom. The summed E-state index contributed by atoms with van der Waals surface area (Å²) in [4.78, 5) is 7.15. The molecule has 0 aliphatic rings. The number of hydrogen-bond acceptors (Lipinski definition) is 6. The topological polar surface area (TPSA) is 34.6 Å². The SMILES string of the molecule is CCN(Cc1ccc(OC)c(OC)c1)Cc1csc(-c2ccsc2)n1. The van der Waals surface area contributed by atoms with Gasteiger partial charge in [-0.25, -0.2) is 4.98 Å². The molecule has 25 heavy (non-hydrogen) atoms. The van der Waals surface area contributed by atoms with Crippen LogP contribution in [0.3, 0.4) is 0 Å². The second-order valence-electron chi connectivity index (χ2n) is 5.65. The van der Waals surface area contributed by atoms with E-state index in [-0.39, 0.29) is 0 Å². The molecule has 0 saturated carbocycles. The molecule has 0 N–H and O–H groups in total. The number of benzene rings is 1. The second kappa shape index (κ2) is 8.47. The number of hydrogen-bond donors (Lipinski definition) is 0. The number of thiazole rings is 1. The monoisotopic (exact) mass is 374 g/mol. The Bertz CT molecular complexity index is 800. The predicted octanol–water partition coefficient (Wildman–Crippen LogP) is 4.91. The van der Waals surface area contributed by atoms with Crippen LogP contribution >= 0.6 is 22.7 Å². The van der Waals surface area contributed by atoms with Crippen molar-refractivity contribution in [3.8, 4) is 22.1 Å². The van der Waals surface area contributed by atoms with Crippen LogP contribution in [0.2, 0.25) is 0 Å². The van der Waals surface area contributed by atoms with Crippen LogP contribution in [0.15, 0.2) is 40.4 Å². The first-order valence-corrected chi connectivity index (χ1v) is 9.96. The van der Waals surface area contributed by atoms with E-state index in [1.807, 2.05) is 12.1 Å². The second-order valence-corrected chi connectivity index (χ2v) is 7.29. The van der Waals surface area contributed by atoms with Gasteiger partial charge in [-0.05, 0) is 35.7 Å². The summed E-state index contributed by atoms with van der Waals surface area (Å²) in [5.74, 6) is 1.53. The van der Waals surface area contributed by atoms with Crippen LogP contribution in [0, 0.1) is 0 Å². The van der Waals surface area contributed by atoms with Crippen molar-refractivity contribution in [3.63, 3.8) is 0 Å². The van der Waals surface area contributed by atoms with Crippen molar-refractivity contribution in [2.45, 2.75) is 20.0 Å². The van der Waals surface area contributed by atoms with E-state index in [2.05, 4.69) is 40.1 Å². The number of methoxy groups -OCH3 is 2. The Morgan fingerprint density at radius 1 is 1.04 bits per heavy atom. The third-order valence-electron chi connectivity index (χ3n) is 4.01. The minimum atomic E-state index is 0.759. The zero-order chi connectivity index (χ0) is 17.6. The van der Waals surface area contributed by atoms with Crippen LogP contribution in [0.25, 0.3) is 10.6 Å². The molecule has 3 aromatic rings. The number of aromatic nitrogens is 1. The highest BCUT2D eigenvalue weighted by Crippen LogP contribution is 2.29. The van der Waals surface area contributed by atoms with Gasteiger partial charge in [0.1, 0.15) is 5.01 Å². The fraction of sp³-hybridized carbons (Fsp3) is 0.316. The molecule has 3 rings (SSSR count). The molecule has 4 nitrogen and oxygen atoms in total. The summed E-state index contributed by atoms with van der Waals surface area (Å²) in [6.45, 7) is 4.82. The molecule has 2 heterocycles. The van der Waals surface area contributed by atoms with E-state index in [0.717, 1.165) is 41.8 Å². The van der Waals surface area contributed by atoms with E-state index in [9.17, 15) is 0 Å². The summed E-state index contributed by atoms with van der Waals surface area (Å²) in [6.07, 6.45) is 0. The lowest BCUT2D eigenvalue weighted by Crippen LogP contribution is -2.22. The lowest BCUT2D eigenvalue weighted by Gasteiger charge is -2.20. The van der Waals surface area contributed by atoms with Gasteiger partial charge >= 0.3 is 0 Å². The molecule has 0 unspecified atom stereocenters. The molecular formula is C19H22N2O2S2. The van der Waals surface area contributed by atoms with E-state index < -0.39 is 0 Å². The predicted molar refractivity (Wildman–Crippen MR) is 105 cm³/mol. The number of thiophene rings is 1. The highest BCUT2D eigenvalue weighted by molar-refractivity contribution is 7.14. The summed E-state index contributed by atoms with van der Waals surface area (Å²) >= 11 is 3.41. The van der Waals surface area contributed by atoms with Gasteiger partial charge in [-0.1, -0.05) is 13.0 Å². The summed E-state index contributed by atoms with van der Waals surface area (Å²) in [6, 6.07) is 8.20. The largest absolute Gasteiger partial charge is 0.493 e. The summed E-state index contributed by atoms with van der Waals surface area (Å²) in [7, 11) is 3.32. The molecule has 132 valence electrons. The number of nitrogens with zero attached hydrogens (tertiary/aromatic N) is 2. The first-order valence-electron chi connectivity index (χ1n) is 8.13. The smallest absolute Gasteiger partial charge is 0.161 e. The average molecular weight is 375 g/mol. The Labute approximate surface area is 156 Å². The van der Waals surface area contributed by atoms with Crippen LogP contribution in [-0.2, 0) is 13.1 Å². The number of rotatable bonds is 8. The van der Waals surface area contributed by atoms with Crippen LogP contribution in [0.5, 0.6) is 11.5 Å². The fourth-order valence-corrected chi connectivity index (χ4v) is 4.17. The maximum Gasteiger partial charge on any atom is 0.161 e. The van der Waals surface area contributed by atoms with Crippen LogP contribution in [-0.4, -0.2) is 30.6 Å².